The summed E-state index contributed by atoms with van der Waals surface area (Å²) < 4.78 is 1.81. The third kappa shape index (κ3) is 3.18. The highest BCUT2D eigenvalue weighted by Crippen LogP contribution is 2.12. The van der Waals surface area contributed by atoms with Gasteiger partial charge in [-0.1, -0.05) is 12.1 Å². The first-order chi connectivity index (χ1) is 9.24. The fraction of sp³-hybridized carbons (Fsp3) is 0.357. The Morgan fingerprint density at radius 3 is 2.68 bits per heavy atom. The molecule has 1 aromatic heterocycles. The van der Waals surface area contributed by atoms with Crippen LogP contribution in [0.1, 0.15) is 24.6 Å². The zero-order chi connectivity index (χ0) is 13.7. The summed E-state index contributed by atoms with van der Waals surface area (Å²) in [6, 6.07) is 9.46. The minimum Gasteiger partial charge on any atom is -0.300 e. The Labute approximate surface area is 113 Å². The largest absolute Gasteiger partial charge is 0.300 e. The van der Waals surface area contributed by atoms with Crippen LogP contribution in [0.15, 0.2) is 30.5 Å². The zero-order valence-electron chi connectivity index (χ0n) is 11.2. The van der Waals surface area contributed by atoms with Gasteiger partial charge in [-0.2, -0.15) is 5.26 Å². The summed E-state index contributed by atoms with van der Waals surface area (Å²) in [6.45, 7) is 4.01. The highest BCUT2D eigenvalue weighted by atomic mass is 15.4. The van der Waals surface area contributed by atoms with Crippen molar-refractivity contribution < 1.29 is 0 Å². The van der Waals surface area contributed by atoms with Gasteiger partial charge in [0, 0.05) is 6.54 Å². The summed E-state index contributed by atoms with van der Waals surface area (Å²) in [5, 5.41) is 16.9. The average molecular weight is 255 g/mol. The molecule has 2 rings (SSSR count). The van der Waals surface area contributed by atoms with Crippen molar-refractivity contribution in [3.63, 3.8) is 0 Å². The van der Waals surface area contributed by atoms with Gasteiger partial charge in [-0.25, -0.2) is 4.68 Å². The highest BCUT2D eigenvalue weighted by Gasteiger charge is 2.08. The van der Waals surface area contributed by atoms with Gasteiger partial charge in [0.25, 0.3) is 0 Å². The molecular formula is C14H17N5. The van der Waals surface area contributed by atoms with Crippen molar-refractivity contribution in [3.8, 4) is 11.8 Å². The number of rotatable bonds is 5. The molecule has 0 fully saturated rings. The lowest BCUT2D eigenvalue weighted by Crippen LogP contribution is -2.20. The lowest BCUT2D eigenvalue weighted by molar-refractivity contribution is 0.320. The van der Waals surface area contributed by atoms with Gasteiger partial charge in [0.15, 0.2) is 0 Å². The Kier molecular flexibility index (Phi) is 4.26. The molecule has 0 aliphatic heterocycles. The maximum absolute atomic E-state index is 8.80. The normalized spacial score (nSPS) is 10.6. The third-order valence-electron chi connectivity index (χ3n) is 2.90. The van der Waals surface area contributed by atoms with Crippen LogP contribution in [0, 0.1) is 11.3 Å². The van der Waals surface area contributed by atoms with Crippen molar-refractivity contribution in [3.05, 3.63) is 41.7 Å². The molecule has 0 aliphatic carbocycles. The van der Waals surface area contributed by atoms with Gasteiger partial charge in [0.1, 0.15) is 0 Å². The SMILES string of the molecule is CCCN(C)Cc1cnnn1-c1ccc(C#N)cc1. The molecule has 0 radical (unpaired) electrons. The standard InChI is InChI=1S/C14H17N5/c1-3-8-18(2)11-14-10-16-17-19(14)13-6-4-12(9-15)5-7-13/h4-7,10H,3,8,11H2,1-2H3. The van der Waals surface area contributed by atoms with Gasteiger partial charge >= 0.3 is 0 Å². The molecular weight excluding hydrogens is 238 g/mol. The molecule has 0 saturated heterocycles. The first-order valence-electron chi connectivity index (χ1n) is 6.33. The maximum atomic E-state index is 8.80. The molecule has 0 N–H and O–H groups in total. The second-order valence-electron chi connectivity index (χ2n) is 4.53. The van der Waals surface area contributed by atoms with Gasteiger partial charge < -0.3 is 4.90 Å². The second-order valence-corrected chi connectivity index (χ2v) is 4.53. The molecule has 98 valence electrons. The molecule has 0 unspecified atom stereocenters. The monoisotopic (exact) mass is 255 g/mol. The Balaban J connectivity index is 2.21. The van der Waals surface area contributed by atoms with E-state index in [1.807, 2.05) is 16.8 Å². The third-order valence-corrected chi connectivity index (χ3v) is 2.90. The van der Waals surface area contributed by atoms with E-state index in [9.17, 15) is 0 Å². The molecule has 0 atom stereocenters. The van der Waals surface area contributed by atoms with Gasteiger partial charge in [0.05, 0.1) is 29.2 Å². The van der Waals surface area contributed by atoms with Crippen LogP contribution in [0.4, 0.5) is 0 Å². The van der Waals surface area contributed by atoms with Crippen LogP contribution >= 0.6 is 0 Å². The first kappa shape index (κ1) is 13.2. The van der Waals surface area contributed by atoms with E-state index in [0.717, 1.165) is 30.9 Å². The van der Waals surface area contributed by atoms with E-state index >= 15 is 0 Å². The second kappa shape index (κ2) is 6.12. The minimum atomic E-state index is 0.647. The van der Waals surface area contributed by atoms with E-state index in [0.29, 0.717) is 5.56 Å². The molecule has 5 heteroatoms. The number of hydrogen-bond donors (Lipinski definition) is 0. The number of nitriles is 1. The van der Waals surface area contributed by atoms with E-state index in [4.69, 9.17) is 5.26 Å². The van der Waals surface area contributed by atoms with E-state index in [1.165, 1.54) is 0 Å². The maximum Gasteiger partial charge on any atom is 0.0991 e. The minimum absolute atomic E-state index is 0.647. The fourth-order valence-electron chi connectivity index (χ4n) is 2.00. The molecule has 1 heterocycles. The zero-order valence-corrected chi connectivity index (χ0v) is 11.2. The average Bonchev–Trinajstić information content (AvgIpc) is 2.87. The van der Waals surface area contributed by atoms with Gasteiger partial charge in [-0.15, -0.1) is 5.10 Å². The summed E-state index contributed by atoms with van der Waals surface area (Å²) in [4.78, 5) is 2.23. The van der Waals surface area contributed by atoms with Gasteiger partial charge in [-0.05, 0) is 44.3 Å². The molecule has 0 amide bonds. The smallest absolute Gasteiger partial charge is 0.0991 e. The van der Waals surface area contributed by atoms with E-state index in [1.54, 1.807) is 18.3 Å². The molecule has 0 saturated carbocycles. The lowest BCUT2D eigenvalue weighted by atomic mass is 10.2. The number of aromatic nitrogens is 3. The van der Waals surface area contributed by atoms with Crippen molar-refractivity contribution in [2.24, 2.45) is 0 Å². The van der Waals surface area contributed by atoms with Crippen LogP contribution in [-0.2, 0) is 6.54 Å². The Morgan fingerprint density at radius 1 is 1.32 bits per heavy atom. The van der Waals surface area contributed by atoms with Crippen molar-refractivity contribution in [1.82, 2.24) is 19.9 Å². The molecule has 0 spiro atoms. The van der Waals surface area contributed by atoms with Gasteiger partial charge in [-0.3, -0.25) is 0 Å². The summed E-state index contributed by atoms with van der Waals surface area (Å²) in [7, 11) is 2.08. The Hall–Kier alpha value is -2.19. The predicted octanol–water partition coefficient (Wildman–Crippen LogP) is 1.98. The van der Waals surface area contributed by atoms with Gasteiger partial charge in [0.2, 0.25) is 0 Å². The quantitative estimate of drug-likeness (QED) is 0.819. The van der Waals surface area contributed by atoms with Crippen molar-refractivity contribution >= 4 is 0 Å². The van der Waals surface area contributed by atoms with Crippen LogP contribution in [0.5, 0.6) is 0 Å². The molecule has 2 aromatic rings. The van der Waals surface area contributed by atoms with Crippen LogP contribution < -0.4 is 0 Å². The Morgan fingerprint density at radius 2 is 2.05 bits per heavy atom. The first-order valence-corrected chi connectivity index (χ1v) is 6.33. The van der Waals surface area contributed by atoms with Crippen molar-refractivity contribution in [1.29, 1.82) is 5.26 Å². The number of hydrogen-bond acceptors (Lipinski definition) is 4. The molecule has 19 heavy (non-hydrogen) atoms. The summed E-state index contributed by atoms with van der Waals surface area (Å²) >= 11 is 0. The van der Waals surface area contributed by atoms with Crippen LogP contribution in [0.25, 0.3) is 5.69 Å². The topological polar surface area (TPSA) is 57.7 Å². The molecule has 0 aliphatic rings. The van der Waals surface area contributed by atoms with E-state index in [-0.39, 0.29) is 0 Å². The van der Waals surface area contributed by atoms with Crippen LogP contribution in [0.2, 0.25) is 0 Å². The van der Waals surface area contributed by atoms with Crippen molar-refractivity contribution in [2.75, 3.05) is 13.6 Å². The predicted molar refractivity (Wildman–Crippen MR) is 72.7 cm³/mol. The number of benzene rings is 1. The highest BCUT2D eigenvalue weighted by molar-refractivity contribution is 5.39. The van der Waals surface area contributed by atoms with Crippen LogP contribution in [-0.4, -0.2) is 33.5 Å². The summed E-state index contributed by atoms with van der Waals surface area (Å²) in [6.07, 6.45) is 2.90. The fourth-order valence-corrected chi connectivity index (χ4v) is 2.00. The molecule has 0 bridgehead atoms. The van der Waals surface area contributed by atoms with E-state index in [2.05, 4.69) is 35.3 Å². The van der Waals surface area contributed by atoms with Crippen molar-refractivity contribution in [2.45, 2.75) is 19.9 Å². The molecule has 1 aromatic carbocycles. The number of nitrogens with zero attached hydrogens (tertiary/aromatic N) is 5. The summed E-state index contributed by atoms with van der Waals surface area (Å²) in [5.41, 5.74) is 2.62. The van der Waals surface area contributed by atoms with Crippen LogP contribution in [0.3, 0.4) is 0 Å². The Bertz CT molecular complexity index is 564. The van der Waals surface area contributed by atoms with E-state index < -0.39 is 0 Å². The lowest BCUT2D eigenvalue weighted by Gasteiger charge is -2.15. The molecule has 5 nitrogen and oxygen atoms in total. The summed E-state index contributed by atoms with van der Waals surface area (Å²) in [5.74, 6) is 0.